The molecule has 2 nitrogen and oxygen atoms in total. The van der Waals surface area contributed by atoms with Crippen LogP contribution in [-0.2, 0) is 5.60 Å². The molecular formula is C10H15NOS. The highest BCUT2D eigenvalue weighted by Crippen LogP contribution is 2.35. The summed E-state index contributed by atoms with van der Waals surface area (Å²) in [5, 5.41) is 15.7. The molecule has 3 heteroatoms. The highest BCUT2D eigenvalue weighted by Gasteiger charge is 2.33. The van der Waals surface area contributed by atoms with Gasteiger partial charge in [-0.1, -0.05) is 0 Å². The molecule has 0 aromatic carbocycles. The first-order chi connectivity index (χ1) is 6.22. The van der Waals surface area contributed by atoms with Gasteiger partial charge in [0.25, 0.3) is 0 Å². The average Bonchev–Trinajstić information content (AvgIpc) is 2.53. The molecule has 0 bridgehead atoms. The van der Waals surface area contributed by atoms with Gasteiger partial charge in [-0.15, -0.1) is 11.3 Å². The molecule has 1 saturated heterocycles. The number of rotatable bonds is 1. The smallest absolute Gasteiger partial charge is 0.101 e. The molecule has 0 unspecified atom stereocenters. The van der Waals surface area contributed by atoms with E-state index in [1.807, 2.05) is 0 Å². The molecule has 0 aliphatic carbocycles. The molecule has 13 heavy (non-hydrogen) atoms. The second-order valence-corrected chi connectivity index (χ2v) is 4.63. The predicted octanol–water partition coefficient (Wildman–Crippen LogP) is 1.63. The van der Waals surface area contributed by atoms with Gasteiger partial charge >= 0.3 is 0 Å². The summed E-state index contributed by atoms with van der Waals surface area (Å²) in [6.45, 7) is 3.92. The van der Waals surface area contributed by atoms with Crippen LogP contribution >= 0.6 is 11.3 Å². The van der Waals surface area contributed by atoms with Crippen molar-refractivity contribution >= 4 is 11.3 Å². The van der Waals surface area contributed by atoms with E-state index in [9.17, 15) is 5.11 Å². The molecule has 0 spiro atoms. The van der Waals surface area contributed by atoms with Crippen molar-refractivity contribution in [2.75, 3.05) is 13.1 Å². The summed E-state index contributed by atoms with van der Waals surface area (Å²) in [6.07, 6.45) is 1.68. The molecule has 2 heterocycles. The Morgan fingerprint density at radius 1 is 1.46 bits per heavy atom. The Labute approximate surface area is 82.6 Å². The topological polar surface area (TPSA) is 32.3 Å². The lowest BCUT2D eigenvalue weighted by molar-refractivity contribution is 0.00894. The minimum atomic E-state index is -0.552. The zero-order chi connectivity index (χ0) is 9.31. The van der Waals surface area contributed by atoms with Crippen molar-refractivity contribution in [3.63, 3.8) is 0 Å². The van der Waals surface area contributed by atoms with Gasteiger partial charge in [0, 0.05) is 4.88 Å². The Kier molecular flexibility index (Phi) is 2.41. The fourth-order valence-corrected chi connectivity index (χ4v) is 3.00. The van der Waals surface area contributed by atoms with Crippen molar-refractivity contribution in [3.8, 4) is 0 Å². The molecule has 1 fully saturated rings. The van der Waals surface area contributed by atoms with Crippen LogP contribution in [0.3, 0.4) is 0 Å². The molecule has 0 radical (unpaired) electrons. The van der Waals surface area contributed by atoms with E-state index in [4.69, 9.17) is 0 Å². The van der Waals surface area contributed by atoms with Crippen LogP contribution in [0.1, 0.15) is 23.3 Å². The molecule has 1 aromatic rings. The Morgan fingerprint density at radius 2 is 2.15 bits per heavy atom. The molecule has 2 rings (SSSR count). The minimum absolute atomic E-state index is 0.552. The number of piperidine rings is 1. The van der Waals surface area contributed by atoms with Crippen molar-refractivity contribution in [1.82, 2.24) is 5.32 Å². The first kappa shape index (κ1) is 9.19. The van der Waals surface area contributed by atoms with Crippen molar-refractivity contribution in [2.45, 2.75) is 25.4 Å². The maximum absolute atomic E-state index is 10.4. The average molecular weight is 197 g/mol. The number of hydrogen-bond donors (Lipinski definition) is 2. The Morgan fingerprint density at radius 3 is 2.69 bits per heavy atom. The summed E-state index contributed by atoms with van der Waals surface area (Å²) in [7, 11) is 0. The standard InChI is InChI=1S/C10H15NOS/c1-8-2-7-13-9(8)10(12)3-5-11-6-4-10/h2,7,11-12H,3-6H2,1H3. The summed E-state index contributed by atoms with van der Waals surface area (Å²) in [5.41, 5.74) is 0.679. The van der Waals surface area contributed by atoms with Crippen LogP contribution in [0.5, 0.6) is 0 Å². The van der Waals surface area contributed by atoms with Gasteiger partial charge in [-0.2, -0.15) is 0 Å². The predicted molar refractivity (Wildman–Crippen MR) is 55.1 cm³/mol. The first-order valence-electron chi connectivity index (χ1n) is 4.70. The summed E-state index contributed by atoms with van der Waals surface area (Å²) in [6, 6.07) is 2.08. The zero-order valence-corrected chi connectivity index (χ0v) is 8.66. The molecule has 72 valence electrons. The maximum Gasteiger partial charge on any atom is 0.101 e. The molecule has 1 aliphatic heterocycles. The Bertz CT molecular complexity index is 289. The van der Waals surface area contributed by atoms with Crippen molar-refractivity contribution in [3.05, 3.63) is 21.9 Å². The lowest BCUT2D eigenvalue weighted by Gasteiger charge is -2.32. The fourth-order valence-electron chi connectivity index (χ4n) is 1.92. The van der Waals surface area contributed by atoms with E-state index < -0.39 is 5.60 Å². The van der Waals surface area contributed by atoms with Crippen LogP contribution < -0.4 is 5.32 Å². The molecule has 1 aromatic heterocycles. The van der Waals surface area contributed by atoms with E-state index in [1.54, 1.807) is 11.3 Å². The first-order valence-corrected chi connectivity index (χ1v) is 5.58. The van der Waals surface area contributed by atoms with E-state index in [2.05, 4.69) is 23.7 Å². The highest BCUT2D eigenvalue weighted by molar-refractivity contribution is 7.10. The largest absolute Gasteiger partial charge is 0.384 e. The molecule has 0 amide bonds. The molecule has 2 N–H and O–H groups in total. The van der Waals surface area contributed by atoms with Crippen LogP contribution in [0, 0.1) is 6.92 Å². The third-order valence-corrected chi connectivity index (χ3v) is 3.93. The normalized spacial score (nSPS) is 21.7. The monoisotopic (exact) mass is 197 g/mol. The minimum Gasteiger partial charge on any atom is -0.384 e. The molecule has 0 saturated carbocycles. The fraction of sp³-hybridized carbons (Fsp3) is 0.600. The van der Waals surface area contributed by atoms with Crippen LogP contribution in [0.25, 0.3) is 0 Å². The maximum atomic E-state index is 10.4. The van der Waals surface area contributed by atoms with Gasteiger partial charge in [0.1, 0.15) is 5.60 Å². The van der Waals surface area contributed by atoms with E-state index >= 15 is 0 Å². The summed E-state index contributed by atoms with van der Waals surface area (Å²) in [5.74, 6) is 0. The highest BCUT2D eigenvalue weighted by atomic mass is 32.1. The lowest BCUT2D eigenvalue weighted by atomic mass is 9.89. The van der Waals surface area contributed by atoms with Crippen molar-refractivity contribution in [1.29, 1.82) is 0 Å². The number of nitrogens with one attached hydrogen (secondary N) is 1. The molecule has 1 aliphatic rings. The second kappa shape index (κ2) is 3.40. The Balaban J connectivity index is 2.27. The number of thiophene rings is 1. The van der Waals surface area contributed by atoms with Gasteiger partial charge in [-0.25, -0.2) is 0 Å². The number of hydrogen-bond acceptors (Lipinski definition) is 3. The van der Waals surface area contributed by atoms with Crippen LogP contribution in [-0.4, -0.2) is 18.2 Å². The van der Waals surface area contributed by atoms with Gasteiger partial charge < -0.3 is 10.4 Å². The quantitative estimate of drug-likeness (QED) is 0.717. The third-order valence-electron chi connectivity index (χ3n) is 2.72. The number of aryl methyl sites for hydroxylation is 1. The van der Waals surface area contributed by atoms with Crippen LogP contribution in [0.15, 0.2) is 11.4 Å². The van der Waals surface area contributed by atoms with Gasteiger partial charge in [-0.3, -0.25) is 0 Å². The van der Waals surface area contributed by atoms with Crippen molar-refractivity contribution in [2.24, 2.45) is 0 Å². The van der Waals surface area contributed by atoms with Gasteiger partial charge in [0.15, 0.2) is 0 Å². The number of aliphatic hydroxyl groups is 1. The van der Waals surface area contributed by atoms with Crippen LogP contribution in [0.4, 0.5) is 0 Å². The van der Waals surface area contributed by atoms with E-state index in [-0.39, 0.29) is 0 Å². The van der Waals surface area contributed by atoms with E-state index in [1.165, 1.54) is 5.56 Å². The van der Waals surface area contributed by atoms with E-state index in [0.717, 1.165) is 30.8 Å². The third kappa shape index (κ3) is 1.64. The zero-order valence-electron chi connectivity index (χ0n) is 7.84. The second-order valence-electron chi connectivity index (χ2n) is 3.71. The van der Waals surface area contributed by atoms with Gasteiger partial charge in [0.05, 0.1) is 0 Å². The lowest BCUT2D eigenvalue weighted by Crippen LogP contribution is -2.39. The molecule has 0 atom stereocenters. The SMILES string of the molecule is Cc1ccsc1C1(O)CCNCC1. The van der Waals surface area contributed by atoms with Gasteiger partial charge in [-0.05, 0) is 49.9 Å². The summed E-state index contributed by atoms with van der Waals surface area (Å²) < 4.78 is 0. The Hall–Kier alpha value is -0.380. The molecular weight excluding hydrogens is 182 g/mol. The van der Waals surface area contributed by atoms with Gasteiger partial charge in [0.2, 0.25) is 0 Å². The van der Waals surface area contributed by atoms with Crippen molar-refractivity contribution < 1.29 is 5.11 Å². The van der Waals surface area contributed by atoms with E-state index in [0.29, 0.717) is 0 Å². The summed E-state index contributed by atoms with van der Waals surface area (Å²) in [4.78, 5) is 1.16. The summed E-state index contributed by atoms with van der Waals surface area (Å²) >= 11 is 1.68. The van der Waals surface area contributed by atoms with Crippen LogP contribution in [0.2, 0.25) is 0 Å².